The number of aryl methyl sites for hydroxylation is 1. The van der Waals surface area contributed by atoms with Crippen molar-refractivity contribution in [1.29, 1.82) is 5.26 Å². The molecule has 3 aromatic rings. The second-order valence-corrected chi connectivity index (χ2v) is 7.19. The van der Waals surface area contributed by atoms with Crippen LogP contribution >= 0.6 is 0 Å². The van der Waals surface area contributed by atoms with Crippen molar-refractivity contribution in [3.63, 3.8) is 0 Å². The van der Waals surface area contributed by atoms with Gasteiger partial charge in [-0.2, -0.15) is 15.5 Å². The van der Waals surface area contributed by atoms with Crippen molar-refractivity contribution in [1.82, 2.24) is 19.8 Å². The maximum Gasteiger partial charge on any atom is 0.269 e. The van der Waals surface area contributed by atoms with Gasteiger partial charge in [-0.3, -0.25) is 9.48 Å². The summed E-state index contributed by atoms with van der Waals surface area (Å²) in [6, 6.07) is 8.05. The lowest BCUT2D eigenvalue weighted by molar-refractivity contribution is -0.129. The van der Waals surface area contributed by atoms with Gasteiger partial charge in [0.2, 0.25) is 0 Å². The van der Waals surface area contributed by atoms with E-state index in [1.54, 1.807) is 29.2 Å². The van der Waals surface area contributed by atoms with Crippen molar-refractivity contribution >= 4 is 23.2 Å². The Bertz CT molecular complexity index is 1220. The second kappa shape index (κ2) is 8.44. The molecule has 0 fully saturated rings. The van der Waals surface area contributed by atoms with Crippen LogP contribution in [0.2, 0.25) is 0 Å². The lowest BCUT2D eigenvalue weighted by atomic mass is 10.0. The zero-order chi connectivity index (χ0) is 22.0. The highest BCUT2D eigenvalue weighted by molar-refractivity contribution is 5.94. The Morgan fingerprint density at radius 2 is 2.03 bits per heavy atom. The minimum absolute atomic E-state index is 0.324. The van der Waals surface area contributed by atoms with Gasteiger partial charge < -0.3 is 0 Å². The van der Waals surface area contributed by atoms with Gasteiger partial charge in [0.15, 0.2) is 0 Å². The average molecular weight is 420 g/mol. The van der Waals surface area contributed by atoms with E-state index in [-0.39, 0.29) is 5.91 Å². The smallest absolute Gasteiger partial charge is 0.268 e. The van der Waals surface area contributed by atoms with Crippen molar-refractivity contribution < 1.29 is 13.6 Å². The molecule has 0 aliphatic carbocycles. The minimum Gasteiger partial charge on any atom is -0.268 e. The third kappa shape index (κ3) is 4.19. The Kier molecular flexibility index (Phi) is 5.54. The maximum atomic E-state index is 13.6. The zero-order valence-corrected chi connectivity index (χ0v) is 16.5. The predicted molar refractivity (Wildman–Crippen MR) is 110 cm³/mol. The molecule has 3 heterocycles. The van der Waals surface area contributed by atoms with Crippen LogP contribution in [-0.4, -0.2) is 31.9 Å². The molecule has 1 atom stereocenters. The monoisotopic (exact) mass is 420 g/mol. The SMILES string of the molecule is C=C(CCCn1ncc2nc(C#N)ccc21)C(=O)N1N=CCC1c1cc(F)cc(F)c1. The number of nitrogens with zero attached hydrogens (tertiary/aromatic N) is 6. The lowest BCUT2D eigenvalue weighted by Gasteiger charge is -2.23. The molecule has 7 nitrogen and oxygen atoms in total. The number of carbonyl (C=O) groups excluding carboxylic acids is 1. The highest BCUT2D eigenvalue weighted by Crippen LogP contribution is 2.30. The van der Waals surface area contributed by atoms with E-state index in [9.17, 15) is 13.6 Å². The van der Waals surface area contributed by atoms with Crippen molar-refractivity contribution in [3.05, 3.63) is 71.6 Å². The first-order chi connectivity index (χ1) is 15.0. The molecule has 9 heteroatoms. The average Bonchev–Trinajstić information content (AvgIpc) is 3.39. The number of benzene rings is 1. The lowest BCUT2D eigenvalue weighted by Crippen LogP contribution is -2.28. The van der Waals surface area contributed by atoms with E-state index in [4.69, 9.17) is 5.26 Å². The highest BCUT2D eigenvalue weighted by atomic mass is 19.1. The van der Waals surface area contributed by atoms with Crippen LogP contribution in [0.4, 0.5) is 8.78 Å². The van der Waals surface area contributed by atoms with Crippen LogP contribution in [0.1, 0.15) is 36.6 Å². The minimum atomic E-state index is -0.698. The summed E-state index contributed by atoms with van der Waals surface area (Å²) in [5.74, 6) is -1.78. The van der Waals surface area contributed by atoms with Crippen LogP contribution in [-0.2, 0) is 11.3 Å². The fraction of sp³-hybridized carbons (Fsp3) is 0.227. The number of hydrazone groups is 1. The van der Waals surface area contributed by atoms with E-state index in [2.05, 4.69) is 21.8 Å². The van der Waals surface area contributed by atoms with Gasteiger partial charge in [-0.25, -0.2) is 18.8 Å². The Hall–Kier alpha value is -3.93. The third-order valence-corrected chi connectivity index (χ3v) is 5.07. The number of nitriles is 1. The molecule has 0 spiro atoms. The second-order valence-electron chi connectivity index (χ2n) is 7.19. The number of hydrogen-bond acceptors (Lipinski definition) is 5. The van der Waals surface area contributed by atoms with Crippen LogP contribution in [0.25, 0.3) is 11.0 Å². The van der Waals surface area contributed by atoms with Gasteiger partial charge in [0, 0.05) is 30.8 Å². The molecule has 0 bridgehead atoms. The summed E-state index contributed by atoms with van der Waals surface area (Å²) in [7, 11) is 0. The quantitative estimate of drug-likeness (QED) is 0.567. The van der Waals surface area contributed by atoms with Crippen LogP contribution < -0.4 is 0 Å². The summed E-state index contributed by atoms with van der Waals surface area (Å²) in [6.07, 6.45) is 4.52. The van der Waals surface area contributed by atoms with Gasteiger partial charge in [-0.05, 0) is 42.7 Å². The maximum absolute atomic E-state index is 13.6. The van der Waals surface area contributed by atoms with Crippen LogP contribution in [0.5, 0.6) is 0 Å². The Morgan fingerprint density at radius 3 is 2.77 bits per heavy atom. The first kappa shape index (κ1) is 20.3. The molecule has 4 rings (SSSR count). The van der Waals surface area contributed by atoms with Gasteiger partial charge in [-0.15, -0.1) is 0 Å². The molecule has 1 amide bonds. The molecule has 156 valence electrons. The molecule has 1 aromatic carbocycles. The van der Waals surface area contributed by atoms with E-state index in [0.717, 1.165) is 11.6 Å². The fourth-order valence-electron chi connectivity index (χ4n) is 3.57. The number of amides is 1. The molecule has 0 saturated carbocycles. The number of hydrogen-bond donors (Lipinski definition) is 0. The Morgan fingerprint density at radius 1 is 1.26 bits per heavy atom. The van der Waals surface area contributed by atoms with E-state index in [1.165, 1.54) is 17.1 Å². The number of halogens is 2. The van der Waals surface area contributed by atoms with Gasteiger partial charge >= 0.3 is 0 Å². The van der Waals surface area contributed by atoms with Gasteiger partial charge in [0.25, 0.3) is 5.91 Å². The summed E-state index contributed by atoms with van der Waals surface area (Å²) >= 11 is 0. The topological polar surface area (TPSA) is 87.2 Å². The summed E-state index contributed by atoms with van der Waals surface area (Å²) in [5, 5.41) is 18.5. The summed E-state index contributed by atoms with van der Waals surface area (Å²) in [6.45, 7) is 4.41. The van der Waals surface area contributed by atoms with E-state index >= 15 is 0 Å². The van der Waals surface area contributed by atoms with Crippen molar-refractivity contribution in [2.75, 3.05) is 0 Å². The van der Waals surface area contributed by atoms with Crippen LogP contribution in [0, 0.1) is 23.0 Å². The normalized spacial score (nSPS) is 15.4. The number of pyridine rings is 1. The Labute approximate surface area is 176 Å². The fourth-order valence-corrected chi connectivity index (χ4v) is 3.57. The van der Waals surface area contributed by atoms with Crippen LogP contribution in [0.15, 0.2) is 53.8 Å². The molecule has 1 unspecified atom stereocenters. The highest BCUT2D eigenvalue weighted by Gasteiger charge is 2.30. The van der Waals surface area contributed by atoms with E-state index in [0.29, 0.717) is 48.2 Å². The van der Waals surface area contributed by atoms with Crippen molar-refractivity contribution in [2.45, 2.75) is 31.8 Å². The molecule has 1 aliphatic rings. The molecule has 2 aromatic heterocycles. The molecule has 0 N–H and O–H groups in total. The first-order valence-electron chi connectivity index (χ1n) is 9.68. The number of carbonyl (C=O) groups is 1. The van der Waals surface area contributed by atoms with Crippen LogP contribution in [0.3, 0.4) is 0 Å². The first-order valence-corrected chi connectivity index (χ1v) is 9.68. The van der Waals surface area contributed by atoms with Gasteiger partial charge in [-0.1, -0.05) is 6.58 Å². The summed E-state index contributed by atoms with van der Waals surface area (Å²) < 4.78 is 28.9. The summed E-state index contributed by atoms with van der Waals surface area (Å²) in [4.78, 5) is 17.0. The Balaban J connectivity index is 1.39. The third-order valence-electron chi connectivity index (χ3n) is 5.07. The molecule has 1 aliphatic heterocycles. The molecular formula is C22H18F2N6O. The number of aromatic nitrogens is 3. The molecule has 31 heavy (non-hydrogen) atoms. The van der Waals surface area contributed by atoms with Gasteiger partial charge in [0.1, 0.15) is 28.9 Å². The molecule has 0 radical (unpaired) electrons. The molecule has 0 saturated heterocycles. The molecular weight excluding hydrogens is 402 g/mol. The predicted octanol–water partition coefficient (Wildman–Crippen LogP) is 3.88. The van der Waals surface area contributed by atoms with Crippen molar-refractivity contribution in [3.8, 4) is 6.07 Å². The van der Waals surface area contributed by atoms with E-state index < -0.39 is 17.7 Å². The standard InChI is InChI=1S/C22H18F2N6O/c1-14(3-2-8-29-21-5-4-18(12-25)28-19(21)13-27-29)22(31)30-20(6-7-26-30)15-9-16(23)11-17(24)10-15/h4-5,7,9-11,13,20H,1-3,6,8H2. The van der Waals surface area contributed by atoms with E-state index in [1.807, 2.05) is 6.07 Å². The number of fused-ring (bicyclic) bond motifs is 1. The largest absolute Gasteiger partial charge is 0.269 e. The van der Waals surface area contributed by atoms with Crippen molar-refractivity contribution in [2.24, 2.45) is 5.10 Å². The number of rotatable bonds is 6. The summed E-state index contributed by atoms with van der Waals surface area (Å²) in [5.41, 5.74) is 2.45. The van der Waals surface area contributed by atoms with Gasteiger partial charge in [0.05, 0.1) is 17.8 Å². The zero-order valence-electron chi connectivity index (χ0n) is 16.5.